The summed E-state index contributed by atoms with van der Waals surface area (Å²) in [6.45, 7) is 2.20. The largest absolute Gasteiger partial charge is 0.388 e. The third kappa shape index (κ3) is 3.06. The van der Waals surface area contributed by atoms with E-state index in [2.05, 4.69) is 6.92 Å². The number of aliphatic hydroxyl groups is 1. The van der Waals surface area contributed by atoms with Gasteiger partial charge in [-0.1, -0.05) is 38.3 Å². The van der Waals surface area contributed by atoms with Crippen LogP contribution in [-0.2, 0) is 0 Å². The average molecular weight is 236 g/mol. The molecule has 0 spiro atoms. The molecule has 2 heteroatoms. The van der Waals surface area contributed by atoms with Gasteiger partial charge in [-0.3, -0.25) is 0 Å². The van der Waals surface area contributed by atoms with Gasteiger partial charge in [0, 0.05) is 0 Å². The second kappa shape index (κ2) is 5.63. The van der Waals surface area contributed by atoms with Gasteiger partial charge in [-0.2, -0.15) is 0 Å². The first-order chi connectivity index (χ1) is 8.20. The SMILES string of the molecule is CCC[C@@H]1CC[C@@H]([C@@H](O)c2cccc(F)c2)C1. The van der Waals surface area contributed by atoms with Crippen molar-refractivity contribution >= 4 is 0 Å². The lowest BCUT2D eigenvalue weighted by molar-refractivity contribution is 0.108. The normalized spacial score (nSPS) is 26.1. The van der Waals surface area contributed by atoms with Crippen LogP contribution in [0.2, 0.25) is 0 Å². The van der Waals surface area contributed by atoms with Gasteiger partial charge in [-0.25, -0.2) is 4.39 Å². The predicted molar refractivity (Wildman–Crippen MR) is 67.1 cm³/mol. The molecule has 1 aromatic carbocycles. The fraction of sp³-hybridized carbons (Fsp3) is 0.600. The summed E-state index contributed by atoms with van der Waals surface area (Å²) < 4.78 is 13.1. The minimum Gasteiger partial charge on any atom is -0.388 e. The maximum atomic E-state index is 13.1. The zero-order chi connectivity index (χ0) is 12.3. The summed E-state index contributed by atoms with van der Waals surface area (Å²) in [5.74, 6) is 0.811. The van der Waals surface area contributed by atoms with Crippen LogP contribution < -0.4 is 0 Å². The Hall–Kier alpha value is -0.890. The van der Waals surface area contributed by atoms with E-state index in [1.165, 1.54) is 31.4 Å². The summed E-state index contributed by atoms with van der Waals surface area (Å²) in [5, 5.41) is 10.3. The molecule has 0 aliphatic heterocycles. The van der Waals surface area contributed by atoms with E-state index >= 15 is 0 Å². The topological polar surface area (TPSA) is 20.2 Å². The summed E-state index contributed by atoms with van der Waals surface area (Å²) in [4.78, 5) is 0. The summed E-state index contributed by atoms with van der Waals surface area (Å²) in [6.07, 6.45) is 5.35. The van der Waals surface area contributed by atoms with Crippen molar-refractivity contribution in [1.29, 1.82) is 0 Å². The van der Waals surface area contributed by atoms with E-state index in [9.17, 15) is 9.50 Å². The summed E-state index contributed by atoms with van der Waals surface area (Å²) >= 11 is 0. The van der Waals surface area contributed by atoms with E-state index in [4.69, 9.17) is 0 Å². The Balaban J connectivity index is 1.99. The number of halogens is 1. The van der Waals surface area contributed by atoms with Crippen molar-refractivity contribution in [2.45, 2.75) is 45.1 Å². The van der Waals surface area contributed by atoms with Crippen LogP contribution in [0, 0.1) is 17.7 Å². The molecule has 0 heterocycles. The zero-order valence-corrected chi connectivity index (χ0v) is 10.4. The van der Waals surface area contributed by atoms with Crippen molar-refractivity contribution in [3.63, 3.8) is 0 Å². The molecular weight excluding hydrogens is 215 g/mol. The molecule has 0 radical (unpaired) electrons. The molecule has 0 amide bonds. The second-order valence-corrected chi connectivity index (χ2v) is 5.23. The van der Waals surface area contributed by atoms with E-state index < -0.39 is 6.10 Å². The monoisotopic (exact) mass is 236 g/mol. The number of hydrogen-bond acceptors (Lipinski definition) is 1. The van der Waals surface area contributed by atoms with Crippen molar-refractivity contribution in [3.8, 4) is 0 Å². The number of aliphatic hydroxyl groups excluding tert-OH is 1. The third-order valence-corrected chi connectivity index (χ3v) is 3.92. The molecule has 1 fully saturated rings. The van der Waals surface area contributed by atoms with Crippen molar-refractivity contribution in [1.82, 2.24) is 0 Å². The van der Waals surface area contributed by atoms with E-state index in [0.717, 1.165) is 24.3 Å². The maximum Gasteiger partial charge on any atom is 0.123 e. The Morgan fingerprint density at radius 2 is 2.24 bits per heavy atom. The lowest BCUT2D eigenvalue weighted by Crippen LogP contribution is -2.10. The van der Waals surface area contributed by atoms with Crippen LogP contribution in [0.3, 0.4) is 0 Å². The van der Waals surface area contributed by atoms with Crippen LogP contribution in [0.25, 0.3) is 0 Å². The van der Waals surface area contributed by atoms with Gasteiger partial charge >= 0.3 is 0 Å². The Morgan fingerprint density at radius 1 is 1.41 bits per heavy atom. The van der Waals surface area contributed by atoms with Gasteiger partial charge in [0.25, 0.3) is 0 Å². The van der Waals surface area contributed by atoms with Crippen LogP contribution >= 0.6 is 0 Å². The molecule has 1 aliphatic rings. The van der Waals surface area contributed by atoms with Gasteiger partial charge in [-0.15, -0.1) is 0 Å². The van der Waals surface area contributed by atoms with Gasteiger partial charge in [0.2, 0.25) is 0 Å². The smallest absolute Gasteiger partial charge is 0.123 e. The Bertz CT molecular complexity index is 364. The fourth-order valence-electron chi connectivity index (χ4n) is 3.03. The minimum absolute atomic E-state index is 0.260. The predicted octanol–water partition coefficient (Wildman–Crippen LogP) is 4.08. The molecule has 17 heavy (non-hydrogen) atoms. The zero-order valence-electron chi connectivity index (χ0n) is 10.4. The first kappa shape index (κ1) is 12.6. The summed E-state index contributed by atoms with van der Waals surface area (Å²) in [6, 6.07) is 6.37. The summed E-state index contributed by atoms with van der Waals surface area (Å²) in [5.41, 5.74) is 0.729. The molecule has 0 bridgehead atoms. The van der Waals surface area contributed by atoms with Gasteiger partial charge in [0.15, 0.2) is 0 Å². The molecule has 1 saturated carbocycles. The first-order valence-electron chi connectivity index (χ1n) is 6.64. The van der Waals surface area contributed by atoms with Crippen LogP contribution in [0.5, 0.6) is 0 Å². The first-order valence-corrected chi connectivity index (χ1v) is 6.64. The quantitative estimate of drug-likeness (QED) is 0.835. The highest BCUT2D eigenvalue weighted by Gasteiger charge is 2.30. The van der Waals surface area contributed by atoms with Crippen LogP contribution in [-0.4, -0.2) is 5.11 Å². The van der Waals surface area contributed by atoms with Gasteiger partial charge in [-0.05, 0) is 42.4 Å². The van der Waals surface area contributed by atoms with Crippen molar-refractivity contribution in [2.75, 3.05) is 0 Å². The molecule has 3 atom stereocenters. The Kier molecular flexibility index (Phi) is 4.16. The number of rotatable bonds is 4. The number of hydrogen-bond donors (Lipinski definition) is 1. The molecule has 1 nitrogen and oxygen atoms in total. The van der Waals surface area contributed by atoms with Gasteiger partial charge in [0.05, 0.1) is 6.10 Å². The highest BCUT2D eigenvalue weighted by atomic mass is 19.1. The van der Waals surface area contributed by atoms with Crippen LogP contribution in [0.1, 0.15) is 50.7 Å². The fourth-order valence-corrected chi connectivity index (χ4v) is 3.03. The van der Waals surface area contributed by atoms with Gasteiger partial charge in [0.1, 0.15) is 5.82 Å². The van der Waals surface area contributed by atoms with Gasteiger partial charge < -0.3 is 5.11 Å². The standard InChI is InChI=1S/C15H21FO/c1-2-4-11-7-8-13(9-11)15(17)12-5-3-6-14(16)10-12/h3,5-6,10-11,13,15,17H,2,4,7-9H2,1H3/t11-,13-,15+/m1/s1. The highest BCUT2D eigenvalue weighted by Crippen LogP contribution is 2.40. The van der Waals surface area contributed by atoms with Crippen molar-refractivity contribution in [2.24, 2.45) is 11.8 Å². The molecule has 0 aromatic heterocycles. The second-order valence-electron chi connectivity index (χ2n) is 5.23. The number of benzene rings is 1. The molecular formula is C15H21FO. The van der Waals surface area contributed by atoms with E-state index in [0.29, 0.717) is 5.92 Å². The lowest BCUT2D eigenvalue weighted by atomic mass is 9.92. The molecule has 1 aromatic rings. The third-order valence-electron chi connectivity index (χ3n) is 3.92. The van der Waals surface area contributed by atoms with E-state index in [1.54, 1.807) is 6.07 Å². The van der Waals surface area contributed by atoms with Crippen molar-refractivity contribution in [3.05, 3.63) is 35.6 Å². The Morgan fingerprint density at radius 3 is 2.94 bits per heavy atom. The summed E-state index contributed by atoms with van der Waals surface area (Å²) in [7, 11) is 0. The minimum atomic E-state index is -0.493. The van der Waals surface area contributed by atoms with Crippen LogP contribution in [0.4, 0.5) is 4.39 Å². The van der Waals surface area contributed by atoms with E-state index in [-0.39, 0.29) is 5.82 Å². The maximum absolute atomic E-state index is 13.1. The lowest BCUT2D eigenvalue weighted by Gasteiger charge is -2.18. The van der Waals surface area contributed by atoms with Crippen LogP contribution in [0.15, 0.2) is 24.3 Å². The molecule has 1 aliphatic carbocycles. The molecule has 1 N–H and O–H groups in total. The van der Waals surface area contributed by atoms with Crippen molar-refractivity contribution < 1.29 is 9.50 Å². The van der Waals surface area contributed by atoms with E-state index in [1.807, 2.05) is 6.07 Å². The molecule has 2 rings (SSSR count). The Labute approximate surface area is 103 Å². The molecule has 0 saturated heterocycles. The molecule has 0 unspecified atom stereocenters. The highest BCUT2D eigenvalue weighted by molar-refractivity contribution is 5.19. The molecule has 94 valence electrons. The average Bonchev–Trinajstić information content (AvgIpc) is 2.77.